The molecule has 47 valence electrons. The molecule has 1 aromatic heterocycles. The molecule has 1 heterocycles. The lowest BCUT2D eigenvalue weighted by Gasteiger charge is -1.91. The Balaban J connectivity index is 2.94. The van der Waals surface area contributed by atoms with Gasteiger partial charge in [0, 0.05) is 6.20 Å². The summed E-state index contributed by atoms with van der Waals surface area (Å²) in [4.78, 5) is 3.80. The van der Waals surface area contributed by atoms with Gasteiger partial charge in [0.1, 0.15) is 0 Å². The molecular weight excluding hydrogens is 134 g/mol. The smallest absolute Gasteiger partial charge is 0.0921 e. The molecule has 9 heavy (non-hydrogen) atoms. The molecule has 1 aromatic rings. The molecule has 0 N–H and O–H groups in total. The lowest BCUT2D eigenvalue weighted by molar-refractivity contribution is 1.10. The third-order valence-corrected chi connectivity index (χ3v) is 1.30. The van der Waals surface area contributed by atoms with Crippen LogP contribution in [0.3, 0.4) is 0 Å². The Morgan fingerprint density at radius 3 is 3.00 bits per heavy atom. The van der Waals surface area contributed by atoms with Gasteiger partial charge in [0.15, 0.2) is 0 Å². The van der Waals surface area contributed by atoms with Gasteiger partial charge in [-0.2, -0.15) is 0 Å². The van der Waals surface area contributed by atoms with Crippen molar-refractivity contribution in [2.45, 2.75) is 13.3 Å². The largest absolute Gasteiger partial charge is 0.253 e. The first-order valence-corrected chi connectivity index (χ1v) is 3.23. The molecule has 0 aliphatic carbocycles. The fraction of sp³-hybridized carbons (Fsp3) is 0.286. The van der Waals surface area contributed by atoms with Gasteiger partial charge in [0.05, 0.1) is 11.2 Å². The number of pyridine rings is 1. The zero-order chi connectivity index (χ0) is 6.69. The van der Waals surface area contributed by atoms with Crippen LogP contribution in [0.25, 0.3) is 0 Å². The van der Waals surface area contributed by atoms with Gasteiger partial charge in [-0.05, 0) is 18.1 Å². The van der Waals surface area contributed by atoms with Crippen LogP contribution >= 0.6 is 11.6 Å². The summed E-state index contributed by atoms with van der Waals surface area (Å²) in [5.74, 6) is 0. The Morgan fingerprint density at radius 1 is 1.78 bits per heavy atom. The number of hydrogen-bond acceptors (Lipinski definition) is 1. The van der Waals surface area contributed by atoms with Crippen LogP contribution in [0, 0.1) is 6.20 Å². The van der Waals surface area contributed by atoms with Crippen LogP contribution in [0.4, 0.5) is 0 Å². The highest BCUT2D eigenvalue weighted by atomic mass is 35.5. The van der Waals surface area contributed by atoms with Crippen molar-refractivity contribution in [3.8, 4) is 0 Å². The first-order valence-electron chi connectivity index (χ1n) is 2.85. The molecule has 1 rings (SSSR count). The predicted molar refractivity (Wildman–Crippen MR) is 37.5 cm³/mol. The standard InChI is InChI=1S/C7H7ClN/c1-2-6-3-7(8)5-9-4-6/h3,5H,2H2,1H3. The first kappa shape index (κ1) is 6.56. The average Bonchev–Trinajstić information content (AvgIpc) is 1.88. The van der Waals surface area contributed by atoms with Crippen LogP contribution in [-0.2, 0) is 6.42 Å². The number of rotatable bonds is 1. The predicted octanol–water partition coefficient (Wildman–Crippen LogP) is 2.10. The van der Waals surface area contributed by atoms with Crippen molar-refractivity contribution in [2.75, 3.05) is 0 Å². The van der Waals surface area contributed by atoms with Gasteiger partial charge in [-0.1, -0.05) is 18.5 Å². The van der Waals surface area contributed by atoms with Gasteiger partial charge in [0.25, 0.3) is 0 Å². The minimum absolute atomic E-state index is 0.686. The highest BCUT2D eigenvalue weighted by Gasteiger charge is 1.89. The number of aryl methyl sites for hydroxylation is 1. The second kappa shape index (κ2) is 2.83. The van der Waals surface area contributed by atoms with Crippen LogP contribution in [-0.4, -0.2) is 4.98 Å². The Hall–Kier alpha value is -0.560. The van der Waals surface area contributed by atoms with Crippen molar-refractivity contribution in [1.29, 1.82) is 0 Å². The van der Waals surface area contributed by atoms with Crippen molar-refractivity contribution < 1.29 is 0 Å². The van der Waals surface area contributed by atoms with Crippen LogP contribution in [0.1, 0.15) is 12.5 Å². The SMILES string of the molecule is CCc1[c]ncc(Cl)c1. The van der Waals surface area contributed by atoms with Gasteiger partial charge in [-0.25, -0.2) is 0 Å². The first-order chi connectivity index (χ1) is 4.33. The summed E-state index contributed by atoms with van der Waals surface area (Å²) >= 11 is 5.64. The van der Waals surface area contributed by atoms with Crippen LogP contribution in [0.5, 0.6) is 0 Å². The van der Waals surface area contributed by atoms with Crippen LogP contribution in [0.15, 0.2) is 12.3 Å². The molecule has 0 saturated carbocycles. The molecule has 0 aliphatic heterocycles. The van der Waals surface area contributed by atoms with Gasteiger partial charge in [-0.3, -0.25) is 4.98 Å². The van der Waals surface area contributed by atoms with E-state index in [-0.39, 0.29) is 0 Å². The lowest BCUT2D eigenvalue weighted by atomic mass is 10.2. The van der Waals surface area contributed by atoms with E-state index in [0.29, 0.717) is 5.02 Å². The van der Waals surface area contributed by atoms with Gasteiger partial charge < -0.3 is 0 Å². The summed E-state index contributed by atoms with van der Waals surface area (Å²) < 4.78 is 0. The van der Waals surface area contributed by atoms with E-state index in [1.807, 2.05) is 13.0 Å². The quantitative estimate of drug-likeness (QED) is 0.582. The topological polar surface area (TPSA) is 12.9 Å². The number of hydrogen-bond donors (Lipinski definition) is 0. The van der Waals surface area contributed by atoms with Crippen molar-refractivity contribution in [1.82, 2.24) is 4.98 Å². The van der Waals surface area contributed by atoms with Crippen molar-refractivity contribution in [3.05, 3.63) is 29.0 Å². The minimum atomic E-state index is 0.686. The fourth-order valence-corrected chi connectivity index (χ4v) is 0.774. The molecule has 0 amide bonds. The zero-order valence-corrected chi connectivity index (χ0v) is 5.94. The molecule has 0 aromatic carbocycles. The van der Waals surface area contributed by atoms with E-state index < -0.39 is 0 Å². The number of aromatic nitrogens is 1. The molecule has 0 spiro atoms. The minimum Gasteiger partial charge on any atom is -0.253 e. The third kappa shape index (κ3) is 1.68. The van der Waals surface area contributed by atoms with Crippen LogP contribution in [0.2, 0.25) is 5.02 Å². The molecule has 0 unspecified atom stereocenters. The van der Waals surface area contributed by atoms with Gasteiger partial charge >= 0.3 is 0 Å². The molecule has 1 nitrogen and oxygen atoms in total. The maximum absolute atomic E-state index is 5.64. The Kier molecular flexibility index (Phi) is 2.06. The normalized spacial score (nSPS) is 9.56. The summed E-state index contributed by atoms with van der Waals surface area (Å²) in [6, 6.07) is 1.87. The summed E-state index contributed by atoms with van der Waals surface area (Å²) in [6.45, 7) is 2.05. The Morgan fingerprint density at radius 2 is 2.56 bits per heavy atom. The Labute approximate surface area is 59.7 Å². The van der Waals surface area contributed by atoms with E-state index in [4.69, 9.17) is 11.6 Å². The van der Waals surface area contributed by atoms with E-state index >= 15 is 0 Å². The van der Waals surface area contributed by atoms with Gasteiger partial charge in [-0.15, -0.1) is 0 Å². The summed E-state index contributed by atoms with van der Waals surface area (Å²) in [7, 11) is 0. The van der Waals surface area contributed by atoms with Crippen molar-refractivity contribution in [2.24, 2.45) is 0 Å². The highest BCUT2D eigenvalue weighted by molar-refractivity contribution is 6.30. The maximum Gasteiger partial charge on any atom is 0.0921 e. The summed E-state index contributed by atoms with van der Waals surface area (Å²) in [5.41, 5.74) is 1.06. The van der Waals surface area contributed by atoms with Gasteiger partial charge in [0.2, 0.25) is 0 Å². The van der Waals surface area contributed by atoms with Crippen molar-refractivity contribution >= 4 is 11.6 Å². The maximum atomic E-state index is 5.64. The molecule has 0 fully saturated rings. The number of halogens is 1. The van der Waals surface area contributed by atoms with E-state index in [0.717, 1.165) is 12.0 Å². The van der Waals surface area contributed by atoms with E-state index in [2.05, 4.69) is 11.2 Å². The van der Waals surface area contributed by atoms with Crippen LogP contribution < -0.4 is 0 Å². The van der Waals surface area contributed by atoms with E-state index in [1.54, 1.807) is 6.20 Å². The fourth-order valence-electron chi connectivity index (χ4n) is 0.594. The monoisotopic (exact) mass is 140 g/mol. The summed E-state index contributed by atoms with van der Waals surface area (Å²) in [5, 5.41) is 0.686. The summed E-state index contributed by atoms with van der Waals surface area (Å²) in [6.07, 6.45) is 5.35. The lowest BCUT2D eigenvalue weighted by Crippen LogP contribution is -1.81. The van der Waals surface area contributed by atoms with E-state index in [1.165, 1.54) is 0 Å². The van der Waals surface area contributed by atoms with Crippen molar-refractivity contribution in [3.63, 3.8) is 0 Å². The molecule has 0 aliphatic rings. The average molecular weight is 141 g/mol. The zero-order valence-electron chi connectivity index (χ0n) is 5.19. The molecule has 2 heteroatoms. The second-order valence-corrected chi connectivity index (χ2v) is 2.21. The molecule has 1 radical (unpaired) electrons. The van der Waals surface area contributed by atoms with E-state index in [9.17, 15) is 0 Å². The molecule has 0 saturated heterocycles. The Bertz CT molecular complexity index is 198. The molecule has 0 bridgehead atoms. The molecular formula is C7H7ClN. The molecule has 0 atom stereocenters. The third-order valence-electron chi connectivity index (χ3n) is 1.09. The highest BCUT2D eigenvalue weighted by Crippen LogP contribution is 2.07. The second-order valence-electron chi connectivity index (χ2n) is 1.78. The number of nitrogens with zero attached hydrogens (tertiary/aromatic N) is 1.